The summed E-state index contributed by atoms with van der Waals surface area (Å²) >= 11 is 0. The first kappa shape index (κ1) is 20.9. The number of carboxylic acids is 1. The van der Waals surface area contributed by atoms with Crippen LogP contribution < -0.4 is 15.4 Å². The number of nitrogens with zero attached hydrogens (tertiary/aromatic N) is 1. The highest BCUT2D eigenvalue weighted by molar-refractivity contribution is 5.72. The van der Waals surface area contributed by atoms with E-state index in [-0.39, 0.29) is 25.4 Å². The molecule has 1 saturated heterocycles. The molecule has 1 aliphatic heterocycles. The number of benzene rings is 3. The van der Waals surface area contributed by atoms with Crippen molar-refractivity contribution in [2.24, 2.45) is 5.73 Å². The number of halogens is 1. The van der Waals surface area contributed by atoms with Crippen molar-refractivity contribution in [3.05, 3.63) is 83.2 Å². The van der Waals surface area contributed by atoms with Crippen molar-refractivity contribution < 1.29 is 19.0 Å². The van der Waals surface area contributed by atoms with Crippen molar-refractivity contribution in [1.29, 1.82) is 0 Å². The lowest BCUT2D eigenvalue weighted by Gasteiger charge is -2.34. The first-order valence-electron chi connectivity index (χ1n) is 10.3. The van der Waals surface area contributed by atoms with Crippen LogP contribution in [-0.4, -0.2) is 24.2 Å². The number of aliphatic carboxylic acids is 1. The van der Waals surface area contributed by atoms with Gasteiger partial charge in [0.25, 0.3) is 0 Å². The van der Waals surface area contributed by atoms with Crippen LogP contribution in [0.15, 0.2) is 60.7 Å². The summed E-state index contributed by atoms with van der Waals surface area (Å²) in [5.74, 6) is -0.671. The molecule has 1 heterocycles. The zero-order chi connectivity index (χ0) is 21.8. The third-order valence-corrected chi connectivity index (χ3v) is 5.52. The second-order valence-corrected chi connectivity index (χ2v) is 7.68. The van der Waals surface area contributed by atoms with Crippen molar-refractivity contribution in [3.63, 3.8) is 0 Å². The lowest BCUT2D eigenvalue weighted by Crippen LogP contribution is -2.37. The molecule has 3 aromatic carbocycles. The molecular formula is C25H25FN2O3. The van der Waals surface area contributed by atoms with Crippen LogP contribution in [0.3, 0.4) is 0 Å². The van der Waals surface area contributed by atoms with Gasteiger partial charge in [0.1, 0.15) is 18.2 Å². The number of ether oxygens (including phenoxy) is 1. The lowest BCUT2D eigenvalue weighted by atomic mass is 9.98. The smallest absolute Gasteiger partial charge is 0.307 e. The molecule has 0 bridgehead atoms. The molecular weight excluding hydrogens is 395 g/mol. The minimum Gasteiger partial charge on any atom is -0.489 e. The van der Waals surface area contributed by atoms with Crippen molar-refractivity contribution in [3.8, 4) is 16.9 Å². The summed E-state index contributed by atoms with van der Waals surface area (Å²) < 4.78 is 20.9. The minimum atomic E-state index is -0.909. The van der Waals surface area contributed by atoms with Crippen LogP contribution in [0.4, 0.5) is 10.1 Å². The first-order chi connectivity index (χ1) is 15.0. The summed E-state index contributed by atoms with van der Waals surface area (Å²) in [7, 11) is 0. The third kappa shape index (κ3) is 4.70. The maximum atomic E-state index is 15.0. The van der Waals surface area contributed by atoms with Crippen LogP contribution in [0, 0.1) is 5.82 Å². The Hall–Kier alpha value is -3.38. The normalized spacial score (nSPS) is 13.0. The van der Waals surface area contributed by atoms with E-state index in [0.29, 0.717) is 22.4 Å². The Balaban J connectivity index is 1.66. The summed E-state index contributed by atoms with van der Waals surface area (Å²) in [6.07, 6.45) is 1.03. The molecule has 3 N–H and O–H groups in total. The van der Waals surface area contributed by atoms with Gasteiger partial charge in [-0.1, -0.05) is 36.4 Å². The second kappa shape index (κ2) is 9.18. The van der Waals surface area contributed by atoms with E-state index in [9.17, 15) is 9.18 Å². The Kier molecular flexibility index (Phi) is 6.18. The van der Waals surface area contributed by atoms with Gasteiger partial charge in [-0.25, -0.2) is 4.39 Å². The molecule has 0 aromatic heterocycles. The molecule has 0 spiro atoms. The average Bonchev–Trinajstić information content (AvgIpc) is 2.71. The molecule has 6 heteroatoms. The molecule has 1 aliphatic rings. The molecule has 0 aliphatic carbocycles. The van der Waals surface area contributed by atoms with Crippen molar-refractivity contribution in [1.82, 2.24) is 0 Å². The SMILES string of the molecule is NCc1cccc(-c2cc(COc3ccccc3CC(=O)O)cc(N3CCC3)c2)c1F. The Labute approximate surface area is 180 Å². The summed E-state index contributed by atoms with van der Waals surface area (Å²) in [4.78, 5) is 13.4. The van der Waals surface area contributed by atoms with Gasteiger partial charge in [-0.15, -0.1) is 0 Å². The van der Waals surface area contributed by atoms with Gasteiger partial charge in [0.05, 0.1) is 6.42 Å². The molecule has 3 aromatic rings. The standard InChI is InChI=1S/C25H25FN2O3/c26-25-19(15-27)6-3-7-22(25)20-11-17(12-21(13-20)28-9-4-10-28)16-31-23-8-2-1-5-18(23)14-24(29)30/h1-3,5-8,11-13H,4,9-10,14-16,27H2,(H,29,30). The molecule has 0 atom stereocenters. The van der Waals surface area contributed by atoms with E-state index in [0.717, 1.165) is 36.3 Å². The van der Waals surface area contributed by atoms with Gasteiger partial charge in [-0.3, -0.25) is 4.79 Å². The predicted octanol–water partition coefficient (Wildman–Crippen LogP) is 4.37. The first-order valence-corrected chi connectivity index (χ1v) is 10.3. The van der Waals surface area contributed by atoms with Gasteiger partial charge in [-0.2, -0.15) is 0 Å². The maximum Gasteiger partial charge on any atom is 0.307 e. The van der Waals surface area contributed by atoms with Crippen LogP contribution in [-0.2, 0) is 24.4 Å². The van der Waals surface area contributed by atoms with Crippen molar-refractivity contribution >= 4 is 11.7 Å². The van der Waals surface area contributed by atoms with E-state index in [1.54, 1.807) is 30.3 Å². The van der Waals surface area contributed by atoms with E-state index in [2.05, 4.69) is 4.90 Å². The summed E-state index contributed by atoms with van der Waals surface area (Å²) in [5.41, 5.74) is 9.99. The molecule has 5 nitrogen and oxygen atoms in total. The zero-order valence-electron chi connectivity index (χ0n) is 17.2. The quantitative estimate of drug-likeness (QED) is 0.566. The van der Waals surface area contributed by atoms with Crippen molar-refractivity contribution in [2.75, 3.05) is 18.0 Å². The highest BCUT2D eigenvalue weighted by Crippen LogP contribution is 2.32. The van der Waals surface area contributed by atoms with E-state index >= 15 is 0 Å². The fourth-order valence-corrected chi connectivity index (χ4v) is 3.74. The monoisotopic (exact) mass is 420 g/mol. The third-order valence-electron chi connectivity index (χ3n) is 5.52. The summed E-state index contributed by atoms with van der Waals surface area (Å²) in [6.45, 7) is 2.33. The summed E-state index contributed by atoms with van der Waals surface area (Å²) in [5, 5.41) is 9.13. The van der Waals surface area contributed by atoms with E-state index in [4.69, 9.17) is 15.6 Å². The highest BCUT2D eigenvalue weighted by atomic mass is 19.1. The van der Waals surface area contributed by atoms with E-state index in [1.165, 1.54) is 0 Å². The number of hydrogen-bond acceptors (Lipinski definition) is 4. The van der Waals surface area contributed by atoms with Gasteiger partial charge in [0, 0.05) is 42.0 Å². The molecule has 1 fully saturated rings. The number of carbonyl (C=O) groups is 1. The fraction of sp³-hybridized carbons (Fsp3) is 0.240. The maximum absolute atomic E-state index is 15.0. The van der Waals surface area contributed by atoms with Crippen LogP contribution in [0.1, 0.15) is 23.1 Å². The topological polar surface area (TPSA) is 75.8 Å². The molecule has 0 unspecified atom stereocenters. The van der Waals surface area contributed by atoms with Crippen LogP contribution >= 0.6 is 0 Å². The Morgan fingerprint density at radius 3 is 2.55 bits per heavy atom. The van der Waals surface area contributed by atoms with Crippen molar-refractivity contribution in [2.45, 2.75) is 26.0 Å². The fourth-order valence-electron chi connectivity index (χ4n) is 3.74. The number of carboxylic acid groups (broad SMARTS) is 1. The van der Waals surface area contributed by atoms with Gasteiger partial charge >= 0.3 is 5.97 Å². The second-order valence-electron chi connectivity index (χ2n) is 7.68. The van der Waals surface area contributed by atoms with E-state index < -0.39 is 5.97 Å². The lowest BCUT2D eigenvalue weighted by molar-refractivity contribution is -0.136. The molecule has 31 heavy (non-hydrogen) atoms. The highest BCUT2D eigenvalue weighted by Gasteiger charge is 2.18. The number of hydrogen-bond donors (Lipinski definition) is 2. The largest absolute Gasteiger partial charge is 0.489 e. The van der Waals surface area contributed by atoms with Gasteiger partial charge in [0.2, 0.25) is 0 Å². The molecule has 0 amide bonds. The molecule has 160 valence electrons. The zero-order valence-corrected chi connectivity index (χ0v) is 17.2. The number of rotatable bonds is 8. The van der Waals surface area contributed by atoms with E-state index in [1.807, 2.05) is 30.3 Å². The van der Waals surface area contributed by atoms with Gasteiger partial charge in [0.15, 0.2) is 0 Å². The summed E-state index contributed by atoms with van der Waals surface area (Å²) in [6, 6.07) is 18.4. The number of anilines is 1. The Bertz CT molecular complexity index is 1100. The van der Waals surface area contributed by atoms with Gasteiger partial charge < -0.3 is 20.5 Å². The average molecular weight is 420 g/mol. The Morgan fingerprint density at radius 2 is 1.84 bits per heavy atom. The van der Waals surface area contributed by atoms with Crippen LogP contribution in [0.2, 0.25) is 0 Å². The molecule has 4 rings (SSSR count). The van der Waals surface area contributed by atoms with Crippen LogP contribution in [0.25, 0.3) is 11.1 Å². The van der Waals surface area contributed by atoms with Gasteiger partial charge in [-0.05, 0) is 41.8 Å². The minimum absolute atomic E-state index is 0.105. The number of nitrogens with two attached hydrogens (primary N) is 1. The Morgan fingerprint density at radius 1 is 1.06 bits per heavy atom. The molecule has 0 radical (unpaired) electrons. The predicted molar refractivity (Wildman–Crippen MR) is 119 cm³/mol. The molecule has 0 saturated carbocycles. The van der Waals surface area contributed by atoms with Crippen LogP contribution in [0.5, 0.6) is 5.75 Å². The number of para-hydroxylation sites is 1.